The van der Waals surface area contributed by atoms with Gasteiger partial charge < -0.3 is 29.9 Å². The molecule has 0 bridgehead atoms. The maximum Gasteiger partial charge on any atom is 0.186 e. The molecule has 2 rings (SSSR count). The number of phenols is 1. The van der Waals surface area contributed by atoms with E-state index in [1.54, 1.807) is 43.3 Å². The normalized spacial score (nSPS) is 33.4. The maximum absolute atomic E-state index is 9.76. The average molecular weight is 296 g/mol. The highest BCUT2D eigenvalue weighted by Crippen LogP contribution is 2.21. The lowest BCUT2D eigenvalue weighted by Gasteiger charge is -2.38. The van der Waals surface area contributed by atoms with E-state index in [-0.39, 0.29) is 12.4 Å². The molecule has 1 aliphatic rings. The molecule has 0 spiro atoms. The van der Waals surface area contributed by atoms with E-state index in [0.29, 0.717) is 0 Å². The zero-order chi connectivity index (χ0) is 15.4. The second-order valence-corrected chi connectivity index (χ2v) is 5.01. The highest BCUT2D eigenvalue weighted by molar-refractivity contribution is 5.50. The van der Waals surface area contributed by atoms with Crippen LogP contribution in [0.15, 0.2) is 30.3 Å². The van der Waals surface area contributed by atoms with Gasteiger partial charge in [-0.15, -0.1) is 0 Å². The number of aromatic hydroxyl groups is 1. The first-order valence-corrected chi connectivity index (χ1v) is 6.76. The summed E-state index contributed by atoms with van der Waals surface area (Å²) in [6, 6.07) is 6.65. The van der Waals surface area contributed by atoms with Crippen LogP contribution in [-0.2, 0) is 9.47 Å². The molecule has 116 valence electrons. The molecule has 1 unspecified atom stereocenters. The summed E-state index contributed by atoms with van der Waals surface area (Å²) in [6.45, 7) is 1.78. The fourth-order valence-corrected chi connectivity index (χ4v) is 2.07. The molecule has 1 aromatic rings. The summed E-state index contributed by atoms with van der Waals surface area (Å²) in [6.07, 6.45) is -1.80. The van der Waals surface area contributed by atoms with E-state index in [9.17, 15) is 15.3 Å². The number of ether oxygens (including phenoxy) is 2. The number of aliphatic hydroxyl groups is 3. The molecule has 5 atom stereocenters. The third-order valence-electron chi connectivity index (χ3n) is 3.37. The summed E-state index contributed by atoms with van der Waals surface area (Å²) in [5.74, 6) is 0.198. The van der Waals surface area contributed by atoms with Crippen molar-refractivity contribution in [1.82, 2.24) is 0 Å². The maximum atomic E-state index is 9.76. The number of hydrogen-bond donors (Lipinski definition) is 4. The van der Waals surface area contributed by atoms with Crippen LogP contribution < -0.4 is 0 Å². The molecule has 0 saturated carbocycles. The van der Waals surface area contributed by atoms with Gasteiger partial charge in [0.05, 0.1) is 12.7 Å². The lowest BCUT2D eigenvalue weighted by atomic mass is 10.0. The molecular weight excluding hydrogens is 276 g/mol. The van der Waals surface area contributed by atoms with Crippen LogP contribution in [0.1, 0.15) is 12.5 Å². The minimum Gasteiger partial charge on any atom is -0.508 e. The molecular formula is C15H20O6. The van der Waals surface area contributed by atoms with Crippen LogP contribution >= 0.6 is 0 Å². The van der Waals surface area contributed by atoms with Gasteiger partial charge >= 0.3 is 0 Å². The number of rotatable bonds is 4. The van der Waals surface area contributed by atoms with Crippen LogP contribution in [0.2, 0.25) is 0 Å². The van der Waals surface area contributed by atoms with E-state index in [1.165, 1.54) is 0 Å². The standard InChI is InChI=1S/C15H20O6/c1-9-12(17)13(18)14(19)15(21-9)20-8-2-3-10-4-6-11(16)7-5-10/h2-7,9,12-19H,8H2,1H3/b3-2+/t9-,12-,13+,14+,15?/m0/s1. The summed E-state index contributed by atoms with van der Waals surface area (Å²) in [5, 5.41) is 38.1. The molecule has 4 N–H and O–H groups in total. The highest BCUT2D eigenvalue weighted by atomic mass is 16.7. The first kappa shape index (κ1) is 15.9. The Balaban J connectivity index is 1.84. The zero-order valence-electron chi connectivity index (χ0n) is 11.7. The lowest BCUT2D eigenvalue weighted by Crippen LogP contribution is -2.57. The number of benzene rings is 1. The van der Waals surface area contributed by atoms with Crippen molar-refractivity contribution in [3.8, 4) is 5.75 Å². The molecule has 1 aliphatic heterocycles. The summed E-state index contributed by atoms with van der Waals surface area (Å²) < 4.78 is 10.7. The summed E-state index contributed by atoms with van der Waals surface area (Å²) in [7, 11) is 0. The Hall–Kier alpha value is -1.44. The second kappa shape index (κ2) is 7.02. The van der Waals surface area contributed by atoms with Crippen molar-refractivity contribution < 1.29 is 29.9 Å². The Kier molecular flexibility index (Phi) is 5.33. The van der Waals surface area contributed by atoms with Crippen LogP contribution in [0, 0.1) is 0 Å². The summed E-state index contributed by atoms with van der Waals surface area (Å²) in [5.41, 5.74) is 0.894. The fraction of sp³-hybridized carbons (Fsp3) is 0.467. The van der Waals surface area contributed by atoms with Crippen molar-refractivity contribution in [3.05, 3.63) is 35.9 Å². The first-order chi connectivity index (χ1) is 9.99. The van der Waals surface area contributed by atoms with E-state index < -0.39 is 30.7 Å². The van der Waals surface area contributed by atoms with Crippen LogP contribution in [0.4, 0.5) is 0 Å². The van der Waals surface area contributed by atoms with Crippen molar-refractivity contribution in [2.75, 3.05) is 6.61 Å². The van der Waals surface area contributed by atoms with Gasteiger partial charge in [0.15, 0.2) is 6.29 Å². The molecule has 0 radical (unpaired) electrons. The van der Waals surface area contributed by atoms with Crippen LogP contribution in [-0.4, -0.2) is 57.7 Å². The fourth-order valence-electron chi connectivity index (χ4n) is 2.07. The molecule has 0 amide bonds. The third-order valence-corrected chi connectivity index (χ3v) is 3.37. The van der Waals surface area contributed by atoms with E-state index in [4.69, 9.17) is 14.6 Å². The molecule has 1 fully saturated rings. The van der Waals surface area contributed by atoms with Gasteiger partial charge in [0.25, 0.3) is 0 Å². The van der Waals surface area contributed by atoms with Gasteiger partial charge in [0.1, 0.15) is 24.1 Å². The van der Waals surface area contributed by atoms with E-state index in [2.05, 4.69) is 0 Å². The summed E-state index contributed by atoms with van der Waals surface area (Å²) in [4.78, 5) is 0. The lowest BCUT2D eigenvalue weighted by molar-refractivity contribution is -0.290. The molecule has 1 saturated heterocycles. The van der Waals surface area contributed by atoms with Crippen molar-refractivity contribution in [1.29, 1.82) is 0 Å². The van der Waals surface area contributed by atoms with Crippen molar-refractivity contribution in [3.63, 3.8) is 0 Å². The average Bonchev–Trinajstić information content (AvgIpc) is 2.48. The van der Waals surface area contributed by atoms with Gasteiger partial charge in [0, 0.05) is 0 Å². The smallest absolute Gasteiger partial charge is 0.186 e. The quantitative estimate of drug-likeness (QED) is 0.635. The van der Waals surface area contributed by atoms with Crippen LogP contribution in [0.5, 0.6) is 5.75 Å². The molecule has 6 nitrogen and oxygen atoms in total. The SMILES string of the molecule is C[C@@H]1OC(OC/C=C/c2ccc(O)cc2)[C@H](O)[C@H](O)[C@H]1O. The Morgan fingerprint density at radius 1 is 1.10 bits per heavy atom. The second-order valence-electron chi connectivity index (χ2n) is 5.01. The van der Waals surface area contributed by atoms with E-state index in [0.717, 1.165) is 5.56 Å². The van der Waals surface area contributed by atoms with Gasteiger partial charge in [-0.2, -0.15) is 0 Å². The molecule has 0 aromatic heterocycles. The van der Waals surface area contributed by atoms with Gasteiger partial charge in [-0.3, -0.25) is 0 Å². The van der Waals surface area contributed by atoms with E-state index >= 15 is 0 Å². The molecule has 21 heavy (non-hydrogen) atoms. The van der Waals surface area contributed by atoms with Gasteiger partial charge in [-0.25, -0.2) is 0 Å². The Bertz CT molecular complexity index is 472. The van der Waals surface area contributed by atoms with Gasteiger partial charge in [-0.1, -0.05) is 24.3 Å². The van der Waals surface area contributed by atoms with Gasteiger partial charge in [-0.05, 0) is 24.6 Å². The Morgan fingerprint density at radius 2 is 1.76 bits per heavy atom. The van der Waals surface area contributed by atoms with Crippen molar-refractivity contribution in [2.24, 2.45) is 0 Å². The Labute approximate surface area is 122 Å². The monoisotopic (exact) mass is 296 g/mol. The largest absolute Gasteiger partial charge is 0.508 e. The zero-order valence-corrected chi connectivity index (χ0v) is 11.7. The predicted octanol–water partition coefficient (Wildman–Crippen LogP) is 0.249. The van der Waals surface area contributed by atoms with Crippen molar-refractivity contribution in [2.45, 2.75) is 37.6 Å². The van der Waals surface area contributed by atoms with Crippen LogP contribution in [0.3, 0.4) is 0 Å². The first-order valence-electron chi connectivity index (χ1n) is 6.76. The highest BCUT2D eigenvalue weighted by Gasteiger charge is 2.42. The topological polar surface area (TPSA) is 99.4 Å². The van der Waals surface area contributed by atoms with Crippen LogP contribution in [0.25, 0.3) is 6.08 Å². The minimum atomic E-state index is -1.29. The number of hydrogen-bond acceptors (Lipinski definition) is 6. The van der Waals surface area contributed by atoms with Crippen molar-refractivity contribution >= 4 is 6.08 Å². The Morgan fingerprint density at radius 3 is 2.43 bits per heavy atom. The number of phenolic OH excluding ortho intramolecular Hbond substituents is 1. The third kappa shape index (κ3) is 4.03. The van der Waals surface area contributed by atoms with E-state index in [1.807, 2.05) is 0 Å². The summed E-state index contributed by atoms with van der Waals surface area (Å²) >= 11 is 0. The van der Waals surface area contributed by atoms with Gasteiger partial charge in [0.2, 0.25) is 0 Å². The molecule has 1 heterocycles. The minimum absolute atomic E-state index is 0.179. The molecule has 1 aromatic carbocycles. The molecule has 0 aliphatic carbocycles. The molecule has 6 heteroatoms. The number of aliphatic hydroxyl groups excluding tert-OH is 3. The predicted molar refractivity (Wildman–Crippen MR) is 75.4 cm³/mol.